The fourth-order valence-electron chi connectivity index (χ4n) is 3.25. The first-order valence-corrected chi connectivity index (χ1v) is 12.1. The highest BCUT2D eigenvalue weighted by Gasteiger charge is 2.25. The summed E-state index contributed by atoms with van der Waals surface area (Å²) >= 11 is 1.79. The molecule has 2 aromatic rings. The normalized spacial score (nSPS) is 15.3. The van der Waals surface area contributed by atoms with Crippen molar-refractivity contribution in [1.29, 1.82) is 0 Å². The molecule has 172 valence electrons. The van der Waals surface area contributed by atoms with Gasteiger partial charge >= 0.3 is 0 Å². The predicted octanol–water partition coefficient (Wildman–Crippen LogP) is 6.07. The molecule has 1 fully saturated rings. The van der Waals surface area contributed by atoms with Gasteiger partial charge in [-0.3, -0.25) is 0 Å². The molecule has 1 saturated heterocycles. The third kappa shape index (κ3) is 7.36. The highest BCUT2D eigenvalue weighted by molar-refractivity contribution is 8.01. The molecule has 7 heteroatoms. The van der Waals surface area contributed by atoms with Crippen molar-refractivity contribution in [2.45, 2.75) is 46.5 Å². The Morgan fingerprint density at radius 2 is 2.00 bits per heavy atom. The fourth-order valence-corrected chi connectivity index (χ4v) is 4.40. The summed E-state index contributed by atoms with van der Waals surface area (Å²) < 4.78 is 13.8. The average molecular weight is 455 g/mol. The molecule has 1 aliphatic heterocycles. The summed E-state index contributed by atoms with van der Waals surface area (Å²) in [6, 6.07) is 7.84. The molecule has 2 heterocycles. The third-order valence-corrected chi connectivity index (χ3v) is 6.08. The molecule has 0 saturated carbocycles. The minimum absolute atomic E-state index is 0.555. The largest absolute Gasteiger partial charge is 0.494 e. The van der Waals surface area contributed by atoms with Gasteiger partial charge in [0, 0.05) is 36.5 Å². The predicted molar refractivity (Wildman–Crippen MR) is 132 cm³/mol. The van der Waals surface area contributed by atoms with Crippen LogP contribution in [0.3, 0.4) is 0 Å². The maximum Gasteiger partial charge on any atom is 0.247 e. The molecule has 1 aliphatic rings. The van der Waals surface area contributed by atoms with Gasteiger partial charge in [-0.1, -0.05) is 31.2 Å². The van der Waals surface area contributed by atoms with Gasteiger partial charge in [-0.15, -0.1) is 10.2 Å². The minimum atomic E-state index is 0.555. The first-order chi connectivity index (χ1) is 15.6. The van der Waals surface area contributed by atoms with Gasteiger partial charge in [0.15, 0.2) is 0 Å². The van der Waals surface area contributed by atoms with Crippen molar-refractivity contribution in [3.8, 4) is 17.2 Å². The number of benzene rings is 1. The standard InChI is InChI=1S/C25H34N4O2S/c1-5-10-23(19-20(3)4)32-29-17-16-28(29)15-8-7-9-18-30-22-13-11-21(12-14-22)25-27-26-24(6-2)31-25/h5,10-14,19H,3,6-9,15-18H2,1-2,4H3/b10-5-,23-19+. The first kappa shape index (κ1) is 24.3. The Kier molecular flexibility index (Phi) is 9.59. The Morgan fingerprint density at radius 1 is 1.19 bits per heavy atom. The van der Waals surface area contributed by atoms with Gasteiger partial charge in [-0.25, -0.2) is 5.01 Å². The smallest absolute Gasteiger partial charge is 0.247 e. The lowest BCUT2D eigenvalue weighted by Gasteiger charge is -2.43. The molecule has 1 aromatic heterocycles. The Labute approximate surface area is 196 Å². The number of unbranched alkanes of at least 4 members (excludes halogenated alkanes) is 2. The zero-order chi connectivity index (χ0) is 22.8. The molecule has 0 N–H and O–H groups in total. The number of hydrogen-bond acceptors (Lipinski definition) is 7. The quantitative estimate of drug-likeness (QED) is 0.207. The molecule has 0 radical (unpaired) electrons. The van der Waals surface area contributed by atoms with Crippen molar-refractivity contribution in [3.05, 3.63) is 65.4 Å². The molecule has 0 atom stereocenters. The molecule has 1 aromatic carbocycles. The van der Waals surface area contributed by atoms with E-state index < -0.39 is 0 Å². The van der Waals surface area contributed by atoms with Crippen LogP contribution in [0.25, 0.3) is 11.5 Å². The van der Waals surface area contributed by atoms with Crippen LogP contribution in [0.2, 0.25) is 0 Å². The second kappa shape index (κ2) is 12.6. The van der Waals surface area contributed by atoms with Crippen molar-refractivity contribution in [1.82, 2.24) is 19.6 Å². The van der Waals surface area contributed by atoms with Gasteiger partial charge in [0.25, 0.3) is 0 Å². The monoisotopic (exact) mass is 454 g/mol. The number of aryl methyl sites for hydroxylation is 1. The molecule has 0 bridgehead atoms. The van der Waals surface area contributed by atoms with Crippen LogP contribution in [-0.2, 0) is 6.42 Å². The van der Waals surface area contributed by atoms with Gasteiger partial charge in [-0.2, -0.15) is 4.41 Å². The van der Waals surface area contributed by atoms with Gasteiger partial charge in [0.2, 0.25) is 11.8 Å². The van der Waals surface area contributed by atoms with E-state index in [0.29, 0.717) is 11.8 Å². The lowest BCUT2D eigenvalue weighted by atomic mass is 10.2. The van der Waals surface area contributed by atoms with Crippen LogP contribution < -0.4 is 4.74 Å². The molecule has 0 unspecified atom stereocenters. The molecular formula is C25H34N4O2S. The van der Waals surface area contributed by atoms with E-state index in [2.05, 4.69) is 44.4 Å². The summed E-state index contributed by atoms with van der Waals surface area (Å²) in [6.07, 6.45) is 10.5. The number of nitrogens with zero attached hydrogens (tertiary/aromatic N) is 4. The highest BCUT2D eigenvalue weighted by atomic mass is 32.2. The van der Waals surface area contributed by atoms with E-state index in [4.69, 9.17) is 9.15 Å². The molecule has 3 rings (SSSR count). The summed E-state index contributed by atoms with van der Waals surface area (Å²) in [4.78, 5) is 1.23. The van der Waals surface area contributed by atoms with Crippen molar-refractivity contribution in [3.63, 3.8) is 0 Å². The van der Waals surface area contributed by atoms with E-state index in [0.717, 1.165) is 62.4 Å². The van der Waals surface area contributed by atoms with Crippen LogP contribution in [-0.4, -0.2) is 45.9 Å². The molecule has 0 spiro atoms. The van der Waals surface area contributed by atoms with Crippen LogP contribution in [0.1, 0.15) is 45.9 Å². The summed E-state index contributed by atoms with van der Waals surface area (Å²) in [5, 5.41) is 10.5. The summed E-state index contributed by atoms with van der Waals surface area (Å²) in [5.74, 6) is 2.08. The molecular weight excluding hydrogens is 420 g/mol. The molecule has 6 nitrogen and oxygen atoms in total. The Hall–Kier alpha value is -2.35. The maximum absolute atomic E-state index is 5.89. The SMILES string of the molecule is C=C(C)/C=C(\C=C/C)SN1CCN1CCCCCOc1ccc(-c2nnc(CC)o2)cc1. The fraction of sp³-hybridized carbons (Fsp3) is 0.440. The van der Waals surface area contributed by atoms with Crippen LogP contribution in [0.15, 0.2) is 64.0 Å². The number of ether oxygens (including phenoxy) is 1. The lowest BCUT2D eigenvalue weighted by Crippen LogP contribution is -2.53. The van der Waals surface area contributed by atoms with Crippen molar-refractivity contribution in [2.75, 3.05) is 26.2 Å². The minimum Gasteiger partial charge on any atom is -0.494 e. The summed E-state index contributed by atoms with van der Waals surface area (Å²) in [6.45, 7) is 14.1. The van der Waals surface area contributed by atoms with Gasteiger partial charge in [-0.05, 0) is 75.4 Å². The van der Waals surface area contributed by atoms with E-state index >= 15 is 0 Å². The summed E-state index contributed by atoms with van der Waals surface area (Å²) in [5.41, 5.74) is 1.99. The average Bonchev–Trinajstić information content (AvgIpc) is 3.25. The summed E-state index contributed by atoms with van der Waals surface area (Å²) in [7, 11) is 0. The van der Waals surface area contributed by atoms with Crippen molar-refractivity contribution in [2.24, 2.45) is 0 Å². The molecule has 0 amide bonds. The van der Waals surface area contributed by atoms with Gasteiger partial charge in [0.05, 0.1) is 6.61 Å². The highest BCUT2D eigenvalue weighted by Crippen LogP contribution is 2.29. The van der Waals surface area contributed by atoms with Crippen molar-refractivity contribution < 1.29 is 9.15 Å². The molecule has 0 aliphatic carbocycles. The van der Waals surface area contributed by atoms with Gasteiger partial charge < -0.3 is 9.15 Å². The lowest BCUT2D eigenvalue weighted by molar-refractivity contribution is -0.0208. The number of hydrazine groups is 1. The van der Waals surface area contributed by atoms with Gasteiger partial charge in [0.1, 0.15) is 5.75 Å². The van der Waals surface area contributed by atoms with E-state index in [-0.39, 0.29) is 0 Å². The van der Waals surface area contributed by atoms with Crippen molar-refractivity contribution >= 4 is 11.9 Å². The number of aromatic nitrogens is 2. The number of allylic oxidation sites excluding steroid dienone is 4. The zero-order valence-corrected chi connectivity index (χ0v) is 20.2. The number of rotatable bonds is 13. The molecule has 32 heavy (non-hydrogen) atoms. The Bertz CT molecular complexity index is 920. The van der Waals surface area contributed by atoms with E-state index in [1.807, 2.05) is 45.0 Å². The Morgan fingerprint density at radius 3 is 2.62 bits per heavy atom. The zero-order valence-electron chi connectivity index (χ0n) is 19.4. The second-order valence-corrected chi connectivity index (χ2v) is 8.88. The third-order valence-electron chi connectivity index (χ3n) is 5.00. The van der Waals surface area contributed by atoms with E-state index in [1.165, 1.54) is 11.3 Å². The second-order valence-electron chi connectivity index (χ2n) is 7.80. The van der Waals surface area contributed by atoms with Crippen LogP contribution in [0.4, 0.5) is 0 Å². The first-order valence-electron chi connectivity index (χ1n) is 11.3. The van der Waals surface area contributed by atoms with E-state index in [1.54, 1.807) is 11.9 Å². The topological polar surface area (TPSA) is 54.6 Å². The van der Waals surface area contributed by atoms with Crippen LogP contribution >= 0.6 is 11.9 Å². The number of hydrogen-bond donors (Lipinski definition) is 0. The van der Waals surface area contributed by atoms with E-state index in [9.17, 15) is 0 Å². The van der Waals surface area contributed by atoms with Crippen LogP contribution in [0.5, 0.6) is 5.75 Å². The Balaban J connectivity index is 1.32. The van der Waals surface area contributed by atoms with Crippen LogP contribution in [0, 0.1) is 0 Å². The maximum atomic E-state index is 5.89.